The second-order valence-electron chi connectivity index (χ2n) is 4.85. The first kappa shape index (κ1) is 9.82. The van der Waals surface area contributed by atoms with E-state index in [9.17, 15) is 4.79 Å². The van der Waals surface area contributed by atoms with Crippen LogP contribution >= 0.6 is 0 Å². The van der Waals surface area contributed by atoms with Crippen molar-refractivity contribution in [3.63, 3.8) is 0 Å². The number of carbonyl (C=O) groups is 1. The molecular weight excluding hydrogens is 173 g/mol. The predicted octanol–water partition coefficient (Wildman–Crippen LogP) is 1.82. The van der Waals surface area contributed by atoms with Gasteiger partial charge in [0.25, 0.3) is 0 Å². The molecule has 3 heteroatoms. The molecule has 0 saturated carbocycles. The summed E-state index contributed by atoms with van der Waals surface area (Å²) in [6.07, 6.45) is 4.44. The van der Waals surface area contributed by atoms with Gasteiger partial charge in [-0.25, -0.2) is 0 Å². The van der Waals surface area contributed by atoms with Gasteiger partial charge < -0.3 is 10.1 Å². The molecule has 0 amide bonds. The fourth-order valence-corrected chi connectivity index (χ4v) is 2.91. The van der Waals surface area contributed by atoms with Crippen LogP contribution in [0.3, 0.4) is 0 Å². The van der Waals surface area contributed by atoms with Crippen molar-refractivity contribution in [2.24, 2.45) is 5.92 Å². The maximum atomic E-state index is 11.0. The first-order chi connectivity index (χ1) is 6.65. The van der Waals surface area contributed by atoms with Crippen LogP contribution in [0.15, 0.2) is 11.7 Å². The van der Waals surface area contributed by atoms with E-state index in [2.05, 4.69) is 18.2 Å². The third kappa shape index (κ3) is 2.02. The number of Topliss-reactive ketones (excluding diaryl/α,β-unsaturated/α-hetero) is 1. The lowest BCUT2D eigenvalue weighted by Crippen LogP contribution is -2.40. The topological polar surface area (TPSA) is 29.1 Å². The second-order valence-corrected chi connectivity index (χ2v) is 4.85. The van der Waals surface area contributed by atoms with Gasteiger partial charge in [-0.05, 0) is 38.3 Å². The molecule has 1 saturated heterocycles. The van der Waals surface area contributed by atoms with Crippen molar-refractivity contribution >= 4 is 12.5 Å². The van der Waals surface area contributed by atoms with E-state index < -0.39 is 0 Å². The standard InChI is InChI=1S/C11H18BNO/c1-8-6-12-7-10(5-9(2)14)3-4-11(12)13-8/h6,10-11,13H,3-5,7H2,1-2H3. The highest BCUT2D eigenvalue weighted by Gasteiger charge is 2.35. The highest BCUT2D eigenvalue weighted by molar-refractivity contribution is 6.67. The molecule has 2 atom stereocenters. The number of nitrogens with one attached hydrogen (secondary N) is 1. The largest absolute Gasteiger partial charge is 0.394 e. The minimum atomic E-state index is 0.347. The zero-order chi connectivity index (χ0) is 10.1. The minimum absolute atomic E-state index is 0.347. The molecule has 2 aliphatic rings. The molecule has 2 nitrogen and oxygen atoms in total. The number of rotatable bonds is 2. The summed E-state index contributed by atoms with van der Waals surface area (Å²) in [5, 5.41) is 3.51. The number of carbonyl (C=O) groups excluding carboxylic acids is 1. The Morgan fingerprint density at radius 3 is 3.14 bits per heavy atom. The summed E-state index contributed by atoms with van der Waals surface area (Å²) in [6.45, 7) is 4.53. The molecule has 0 aromatic rings. The van der Waals surface area contributed by atoms with Crippen LogP contribution in [0.2, 0.25) is 6.32 Å². The van der Waals surface area contributed by atoms with Gasteiger partial charge in [0, 0.05) is 12.4 Å². The fourth-order valence-electron chi connectivity index (χ4n) is 2.91. The van der Waals surface area contributed by atoms with Crippen LogP contribution in [-0.4, -0.2) is 18.4 Å². The van der Waals surface area contributed by atoms with E-state index in [1.54, 1.807) is 6.92 Å². The maximum absolute atomic E-state index is 11.0. The van der Waals surface area contributed by atoms with Gasteiger partial charge in [-0.3, -0.25) is 0 Å². The van der Waals surface area contributed by atoms with Crippen molar-refractivity contribution in [1.82, 2.24) is 5.32 Å². The van der Waals surface area contributed by atoms with Gasteiger partial charge in [-0.15, -0.1) is 0 Å². The average Bonchev–Trinajstić information content (AvgIpc) is 2.42. The number of allylic oxidation sites excluding steroid dienone is 1. The third-order valence-corrected chi connectivity index (χ3v) is 3.46. The number of ketones is 1. The van der Waals surface area contributed by atoms with Gasteiger partial charge in [0.05, 0.1) is 0 Å². The van der Waals surface area contributed by atoms with E-state index >= 15 is 0 Å². The zero-order valence-corrected chi connectivity index (χ0v) is 9.05. The van der Waals surface area contributed by atoms with Crippen molar-refractivity contribution in [2.75, 3.05) is 0 Å². The molecule has 0 spiro atoms. The van der Waals surface area contributed by atoms with E-state index in [0.29, 0.717) is 24.4 Å². The van der Waals surface area contributed by atoms with Crippen molar-refractivity contribution in [3.8, 4) is 0 Å². The lowest BCUT2D eigenvalue weighted by molar-refractivity contribution is -0.117. The highest BCUT2D eigenvalue weighted by Crippen LogP contribution is 2.31. The Bertz CT molecular complexity index is 274. The van der Waals surface area contributed by atoms with Crippen LogP contribution in [0.5, 0.6) is 0 Å². The van der Waals surface area contributed by atoms with Gasteiger partial charge in [0.15, 0.2) is 6.71 Å². The summed E-state index contributed by atoms with van der Waals surface area (Å²) < 4.78 is 0. The Hall–Kier alpha value is -0.725. The molecule has 0 radical (unpaired) electrons. The third-order valence-electron chi connectivity index (χ3n) is 3.46. The SMILES string of the molecule is CC(=O)CC1CCC2NC(C)=CB2C1. The summed E-state index contributed by atoms with van der Waals surface area (Å²) in [6, 6.07) is 0. The first-order valence-electron chi connectivity index (χ1n) is 5.59. The molecule has 1 fully saturated rings. The van der Waals surface area contributed by atoms with Crippen molar-refractivity contribution in [3.05, 3.63) is 11.7 Å². The molecule has 1 N–H and O–H groups in total. The van der Waals surface area contributed by atoms with Gasteiger partial charge in [0.2, 0.25) is 0 Å². The van der Waals surface area contributed by atoms with E-state index in [0.717, 1.165) is 6.42 Å². The summed E-state index contributed by atoms with van der Waals surface area (Å²) in [5.74, 6) is 3.99. The fraction of sp³-hybridized carbons (Fsp3) is 0.727. The van der Waals surface area contributed by atoms with E-state index in [4.69, 9.17) is 0 Å². The molecule has 0 aromatic heterocycles. The van der Waals surface area contributed by atoms with Crippen LogP contribution in [0.1, 0.15) is 33.1 Å². The average molecular weight is 191 g/mol. The maximum Gasteiger partial charge on any atom is 0.194 e. The summed E-state index contributed by atoms with van der Waals surface area (Å²) in [5.41, 5.74) is 1.32. The summed E-state index contributed by atoms with van der Waals surface area (Å²) >= 11 is 0. The molecule has 2 heterocycles. The lowest BCUT2D eigenvalue weighted by atomic mass is 9.38. The van der Waals surface area contributed by atoms with Gasteiger partial charge in [0.1, 0.15) is 5.78 Å². The molecule has 0 bridgehead atoms. The number of hydrogen-bond donors (Lipinski definition) is 1. The van der Waals surface area contributed by atoms with Gasteiger partial charge >= 0.3 is 0 Å². The summed E-state index contributed by atoms with van der Waals surface area (Å²) in [4.78, 5) is 11.0. The van der Waals surface area contributed by atoms with Crippen molar-refractivity contribution < 1.29 is 4.79 Å². The Kier molecular flexibility index (Phi) is 2.66. The molecule has 14 heavy (non-hydrogen) atoms. The minimum Gasteiger partial charge on any atom is -0.394 e. The van der Waals surface area contributed by atoms with Crippen LogP contribution < -0.4 is 5.32 Å². The Morgan fingerprint density at radius 2 is 2.43 bits per heavy atom. The molecule has 2 rings (SSSR count). The highest BCUT2D eigenvalue weighted by atomic mass is 16.1. The Labute approximate surface area is 86.2 Å². The van der Waals surface area contributed by atoms with Crippen LogP contribution in [0.25, 0.3) is 0 Å². The van der Waals surface area contributed by atoms with Gasteiger partial charge in [-0.1, -0.05) is 12.3 Å². The molecule has 0 aliphatic carbocycles. The number of fused-ring (bicyclic) bond motifs is 1. The molecular formula is C11H18BNO. The first-order valence-corrected chi connectivity index (χ1v) is 5.59. The summed E-state index contributed by atoms with van der Waals surface area (Å²) in [7, 11) is 0. The van der Waals surface area contributed by atoms with E-state index in [1.807, 2.05) is 0 Å². The van der Waals surface area contributed by atoms with Crippen molar-refractivity contribution in [1.29, 1.82) is 0 Å². The normalized spacial score (nSPS) is 30.7. The molecule has 76 valence electrons. The molecule has 2 unspecified atom stereocenters. The quantitative estimate of drug-likeness (QED) is 0.674. The monoisotopic (exact) mass is 191 g/mol. The molecule has 2 aliphatic heterocycles. The van der Waals surface area contributed by atoms with E-state index in [-0.39, 0.29) is 0 Å². The number of hydrogen-bond acceptors (Lipinski definition) is 2. The Morgan fingerprint density at radius 1 is 1.64 bits per heavy atom. The smallest absolute Gasteiger partial charge is 0.194 e. The van der Waals surface area contributed by atoms with Crippen LogP contribution in [0, 0.1) is 5.92 Å². The zero-order valence-electron chi connectivity index (χ0n) is 9.05. The lowest BCUT2D eigenvalue weighted by Gasteiger charge is -2.29. The Balaban J connectivity index is 1.93. The van der Waals surface area contributed by atoms with Crippen LogP contribution in [0.4, 0.5) is 0 Å². The van der Waals surface area contributed by atoms with Crippen LogP contribution in [-0.2, 0) is 4.79 Å². The van der Waals surface area contributed by atoms with Crippen molar-refractivity contribution in [2.45, 2.75) is 45.4 Å². The van der Waals surface area contributed by atoms with Gasteiger partial charge in [-0.2, -0.15) is 0 Å². The second kappa shape index (κ2) is 3.80. The predicted molar refractivity (Wildman–Crippen MR) is 59.3 cm³/mol. The van der Waals surface area contributed by atoms with E-state index in [1.165, 1.54) is 24.9 Å². The molecule has 0 aromatic carbocycles.